The molecule has 2 heterocycles. The van der Waals surface area contributed by atoms with E-state index >= 15 is 0 Å². The van der Waals surface area contributed by atoms with E-state index < -0.39 is 0 Å². The van der Waals surface area contributed by atoms with Gasteiger partial charge in [0.15, 0.2) is 5.78 Å². The normalized spacial score (nSPS) is 17.4. The number of Topliss-reactive ketones (excluding diaryl/α,β-unsaturated/α-hetero) is 1. The van der Waals surface area contributed by atoms with Gasteiger partial charge in [-0.15, -0.1) is 0 Å². The molecule has 0 spiro atoms. The van der Waals surface area contributed by atoms with E-state index in [1.807, 2.05) is 36.5 Å². The summed E-state index contributed by atoms with van der Waals surface area (Å²) < 4.78 is 5.89. The first-order valence-corrected chi connectivity index (χ1v) is 9.47. The van der Waals surface area contributed by atoms with Gasteiger partial charge >= 0.3 is 0 Å². The molecule has 0 atom stereocenters. The van der Waals surface area contributed by atoms with Crippen molar-refractivity contribution in [1.29, 1.82) is 0 Å². The molecule has 0 radical (unpaired) electrons. The Labute approximate surface area is 154 Å². The highest BCUT2D eigenvalue weighted by Crippen LogP contribution is 2.26. The van der Waals surface area contributed by atoms with Crippen molar-refractivity contribution in [3.63, 3.8) is 0 Å². The minimum atomic E-state index is 0.261. The lowest BCUT2D eigenvalue weighted by molar-refractivity contribution is 0.0994. The summed E-state index contributed by atoms with van der Waals surface area (Å²) in [4.78, 5) is 20.9. The molecule has 4 rings (SSSR count). The lowest BCUT2D eigenvalue weighted by atomic mass is 10.1. The molecule has 0 bridgehead atoms. The summed E-state index contributed by atoms with van der Waals surface area (Å²) in [6.07, 6.45) is 4.36. The SMILES string of the molecule is O=C1CCc2cc(OCCCN3CCN(c4ccccn4)CC3)ccc21. The fourth-order valence-corrected chi connectivity index (χ4v) is 3.74. The summed E-state index contributed by atoms with van der Waals surface area (Å²) in [6.45, 7) is 5.95. The zero-order chi connectivity index (χ0) is 17.8. The smallest absolute Gasteiger partial charge is 0.163 e. The first-order valence-electron chi connectivity index (χ1n) is 9.47. The molecule has 0 amide bonds. The molecule has 1 fully saturated rings. The Morgan fingerprint density at radius 3 is 2.73 bits per heavy atom. The highest BCUT2D eigenvalue weighted by molar-refractivity contribution is 6.00. The van der Waals surface area contributed by atoms with Crippen LogP contribution in [0.25, 0.3) is 0 Å². The molecule has 1 aliphatic carbocycles. The van der Waals surface area contributed by atoms with Crippen molar-refractivity contribution in [3.8, 4) is 5.75 Å². The molecule has 0 saturated carbocycles. The van der Waals surface area contributed by atoms with Gasteiger partial charge in [0.25, 0.3) is 0 Å². The molecule has 1 aliphatic heterocycles. The molecular formula is C21H25N3O2. The molecule has 26 heavy (non-hydrogen) atoms. The molecule has 1 saturated heterocycles. The molecule has 0 N–H and O–H groups in total. The highest BCUT2D eigenvalue weighted by atomic mass is 16.5. The van der Waals surface area contributed by atoms with E-state index in [0.717, 1.165) is 68.3 Å². The number of nitrogens with zero attached hydrogens (tertiary/aromatic N) is 3. The number of hydrogen-bond donors (Lipinski definition) is 0. The Bertz CT molecular complexity index is 755. The van der Waals surface area contributed by atoms with E-state index in [2.05, 4.69) is 20.9 Å². The van der Waals surface area contributed by atoms with Crippen LogP contribution >= 0.6 is 0 Å². The van der Waals surface area contributed by atoms with Crippen LogP contribution in [0, 0.1) is 0 Å². The van der Waals surface area contributed by atoms with Crippen LogP contribution in [0.3, 0.4) is 0 Å². The quantitative estimate of drug-likeness (QED) is 0.749. The van der Waals surface area contributed by atoms with E-state index in [1.54, 1.807) is 0 Å². The van der Waals surface area contributed by atoms with Gasteiger partial charge in [0.05, 0.1) is 6.61 Å². The van der Waals surface area contributed by atoms with E-state index in [4.69, 9.17) is 4.74 Å². The van der Waals surface area contributed by atoms with Gasteiger partial charge in [0.1, 0.15) is 11.6 Å². The molecule has 1 aromatic carbocycles. The number of piperazine rings is 1. The summed E-state index contributed by atoms with van der Waals surface area (Å²) in [5.74, 6) is 2.22. The van der Waals surface area contributed by atoms with Crippen molar-refractivity contribution in [3.05, 3.63) is 53.7 Å². The van der Waals surface area contributed by atoms with Crippen molar-refractivity contribution in [2.75, 3.05) is 44.2 Å². The Hall–Kier alpha value is -2.40. The van der Waals surface area contributed by atoms with Crippen LogP contribution in [-0.4, -0.2) is 55.0 Å². The van der Waals surface area contributed by atoms with Crippen LogP contribution < -0.4 is 9.64 Å². The average Bonchev–Trinajstić information content (AvgIpc) is 3.07. The number of benzene rings is 1. The van der Waals surface area contributed by atoms with Crippen LogP contribution in [0.2, 0.25) is 0 Å². The highest BCUT2D eigenvalue weighted by Gasteiger charge is 2.20. The van der Waals surface area contributed by atoms with Crippen molar-refractivity contribution < 1.29 is 9.53 Å². The number of carbonyl (C=O) groups excluding carboxylic acids is 1. The standard InChI is InChI=1S/C21H25N3O2/c25-20-8-5-17-16-18(6-7-19(17)20)26-15-3-10-23-11-13-24(14-12-23)21-4-1-2-9-22-21/h1-2,4,6-7,9,16H,3,5,8,10-15H2. The van der Waals surface area contributed by atoms with E-state index in [0.29, 0.717) is 13.0 Å². The van der Waals surface area contributed by atoms with E-state index in [9.17, 15) is 4.79 Å². The fraction of sp³-hybridized carbons (Fsp3) is 0.429. The number of ketones is 1. The maximum Gasteiger partial charge on any atom is 0.163 e. The van der Waals surface area contributed by atoms with Gasteiger partial charge in [-0.1, -0.05) is 6.07 Å². The molecule has 1 aromatic heterocycles. The van der Waals surface area contributed by atoms with Crippen molar-refractivity contribution in [1.82, 2.24) is 9.88 Å². The number of anilines is 1. The molecule has 136 valence electrons. The van der Waals surface area contributed by atoms with Crippen LogP contribution in [0.5, 0.6) is 5.75 Å². The number of hydrogen-bond acceptors (Lipinski definition) is 5. The minimum absolute atomic E-state index is 0.261. The van der Waals surface area contributed by atoms with Gasteiger partial charge in [-0.05, 0) is 48.7 Å². The third kappa shape index (κ3) is 3.88. The Kier molecular flexibility index (Phi) is 5.16. The fourth-order valence-electron chi connectivity index (χ4n) is 3.74. The van der Waals surface area contributed by atoms with Crippen molar-refractivity contribution in [2.45, 2.75) is 19.3 Å². The summed E-state index contributed by atoms with van der Waals surface area (Å²) >= 11 is 0. The van der Waals surface area contributed by atoms with Crippen LogP contribution in [-0.2, 0) is 6.42 Å². The largest absolute Gasteiger partial charge is 0.494 e. The molecule has 5 heteroatoms. The molecule has 2 aromatic rings. The monoisotopic (exact) mass is 351 g/mol. The van der Waals surface area contributed by atoms with E-state index in [-0.39, 0.29) is 5.78 Å². The number of fused-ring (bicyclic) bond motifs is 1. The molecule has 5 nitrogen and oxygen atoms in total. The summed E-state index contributed by atoms with van der Waals surface area (Å²) in [6, 6.07) is 11.9. The second-order valence-corrected chi connectivity index (χ2v) is 6.96. The molecule has 0 unspecified atom stereocenters. The van der Waals surface area contributed by atoms with Gasteiger partial charge in [-0.25, -0.2) is 4.98 Å². The van der Waals surface area contributed by atoms with Gasteiger partial charge < -0.3 is 9.64 Å². The van der Waals surface area contributed by atoms with Crippen molar-refractivity contribution >= 4 is 11.6 Å². The lowest BCUT2D eigenvalue weighted by Gasteiger charge is -2.35. The predicted octanol–water partition coefficient (Wildman–Crippen LogP) is 2.80. The minimum Gasteiger partial charge on any atom is -0.494 e. The predicted molar refractivity (Wildman–Crippen MR) is 102 cm³/mol. The Balaban J connectivity index is 1.18. The maximum absolute atomic E-state index is 11.7. The number of aryl methyl sites for hydroxylation is 1. The van der Waals surface area contributed by atoms with Crippen LogP contribution in [0.15, 0.2) is 42.6 Å². The number of pyridine rings is 1. The maximum atomic E-state index is 11.7. The third-order valence-electron chi connectivity index (χ3n) is 5.23. The number of rotatable bonds is 6. The summed E-state index contributed by atoms with van der Waals surface area (Å²) in [7, 11) is 0. The number of ether oxygens (including phenoxy) is 1. The number of aromatic nitrogens is 1. The lowest BCUT2D eigenvalue weighted by Crippen LogP contribution is -2.47. The topological polar surface area (TPSA) is 45.7 Å². The third-order valence-corrected chi connectivity index (χ3v) is 5.23. The zero-order valence-corrected chi connectivity index (χ0v) is 15.1. The second-order valence-electron chi connectivity index (χ2n) is 6.96. The average molecular weight is 351 g/mol. The van der Waals surface area contributed by atoms with Gasteiger partial charge in [-0.2, -0.15) is 0 Å². The van der Waals surface area contributed by atoms with Crippen molar-refractivity contribution in [2.24, 2.45) is 0 Å². The summed E-state index contributed by atoms with van der Waals surface area (Å²) in [5, 5.41) is 0. The van der Waals surface area contributed by atoms with Gasteiger partial charge in [-0.3, -0.25) is 9.69 Å². The molecular weight excluding hydrogens is 326 g/mol. The first-order chi connectivity index (χ1) is 12.8. The van der Waals surface area contributed by atoms with Crippen LogP contribution in [0.1, 0.15) is 28.8 Å². The zero-order valence-electron chi connectivity index (χ0n) is 15.1. The first kappa shape index (κ1) is 17.0. The molecule has 2 aliphatic rings. The van der Waals surface area contributed by atoms with Crippen LogP contribution in [0.4, 0.5) is 5.82 Å². The van der Waals surface area contributed by atoms with E-state index in [1.165, 1.54) is 0 Å². The number of carbonyl (C=O) groups is 1. The second kappa shape index (κ2) is 7.87. The van der Waals surface area contributed by atoms with Gasteiger partial charge in [0.2, 0.25) is 0 Å². The Morgan fingerprint density at radius 2 is 1.92 bits per heavy atom. The van der Waals surface area contributed by atoms with Gasteiger partial charge in [0, 0.05) is 50.9 Å². The summed E-state index contributed by atoms with van der Waals surface area (Å²) in [5.41, 5.74) is 2.02. The Morgan fingerprint density at radius 1 is 1.04 bits per heavy atom.